The summed E-state index contributed by atoms with van der Waals surface area (Å²) in [6, 6.07) is 7.03. The lowest BCUT2D eigenvalue weighted by atomic mass is 10.3. The number of benzene rings is 1. The van der Waals surface area contributed by atoms with Crippen molar-refractivity contribution in [1.82, 2.24) is 4.98 Å². The second-order valence-corrected chi connectivity index (χ2v) is 8.75. The van der Waals surface area contributed by atoms with E-state index < -0.39 is 14.9 Å². The zero-order valence-corrected chi connectivity index (χ0v) is 13.7. The van der Waals surface area contributed by atoms with Gasteiger partial charge in [0.25, 0.3) is 15.7 Å². The van der Waals surface area contributed by atoms with E-state index >= 15 is 0 Å². The molecule has 11 heteroatoms. The van der Waals surface area contributed by atoms with Gasteiger partial charge in [-0.2, -0.15) is 0 Å². The van der Waals surface area contributed by atoms with E-state index in [1.807, 2.05) is 0 Å². The molecule has 114 valence electrons. The zero-order valence-electron chi connectivity index (χ0n) is 10.5. The molecule has 1 N–H and O–H groups in total. The summed E-state index contributed by atoms with van der Waals surface area (Å²) in [6.07, 6.45) is 0. The second-order valence-electron chi connectivity index (χ2n) is 4.09. The standard InChI is InChI=1S/C11H6ClN3O4S3/c12-9-3-4-10(21-9)22(18,19)14-11-13-7-2-1-6(15(16)17)5-8(7)20-11/h1-5H,(H,13,14). The maximum atomic E-state index is 12.2. The first-order valence-corrected chi connectivity index (χ1v) is 9.18. The second kappa shape index (κ2) is 5.47. The van der Waals surface area contributed by atoms with Gasteiger partial charge < -0.3 is 0 Å². The Bertz CT molecular complexity index is 980. The number of fused-ring (bicyclic) bond motifs is 1. The maximum Gasteiger partial charge on any atom is 0.273 e. The summed E-state index contributed by atoms with van der Waals surface area (Å²) in [7, 11) is -3.77. The number of non-ortho nitro benzene ring substituents is 1. The number of anilines is 1. The van der Waals surface area contributed by atoms with Crippen LogP contribution in [-0.2, 0) is 10.0 Å². The number of halogens is 1. The van der Waals surface area contributed by atoms with Gasteiger partial charge in [-0.1, -0.05) is 22.9 Å². The van der Waals surface area contributed by atoms with E-state index in [1.165, 1.54) is 30.3 Å². The molecule has 0 bridgehead atoms. The minimum absolute atomic E-state index is 0.0720. The van der Waals surface area contributed by atoms with E-state index in [0.717, 1.165) is 22.7 Å². The largest absolute Gasteiger partial charge is 0.273 e. The highest BCUT2D eigenvalue weighted by Gasteiger charge is 2.19. The minimum Gasteiger partial charge on any atom is -0.258 e. The third-order valence-electron chi connectivity index (χ3n) is 2.62. The highest BCUT2D eigenvalue weighted by atomic mass is 35.5. The number of rotatable bonds is 4. The van der Waals surface area contributed by atoms with Gasteiger partial charge in [0.15, 0.2) is 5.13 Å². The Kier molecular flexibility index (Phi) is 3.77. The van der Waals surface area contributed by atoms with Gasteiger partial charge in [0.05, 0.1) is 19.5 Å². The number of thiazole rings is 1. The average molecular weight is 376 g/mol. The normalized spacial score (nSPS) is 11.7. The molecule has 2 aromatic heterocycles. The fourth-order valence-electron chi connectivity index (χ4n) is 1.68. The van der Waals surface area contributed by atoms with E-state index in [1.54, 1.807) is 0 Å². The first kappa shape index (κ1) is 15.2. The van der Waals surface area contributed by atoms with Crippen LogP contribution in [0.2, 0.25) is 4.34 Å². The fourth-order valence-corrected chi connectivity index (χ4v) is 5.29. The number of thiophene rings is 1. The van der Waals surface area contributed by atoms with E-state index in [4.69, 9.17) is 11.6 Å². The quantitative estimate of drug-likeness (QED) is 0.553. The van der Waals surface area contributed by atoms with Gasteiger partial charge in [-0.15, -0.1) is 11.3 Å². The molecule has 0 aliphatic rings. The summed E-state index contributed by atoms with van der Waals surface area (Å²) in [5.41, 5.74) is 0.410. The lowest BCUT2D eigenvalue weighted by Crippen LogP contribution is -2.10. The van der Waals surface area contributed by atoms with E-state index in [-0.39, 0.29) is 15.0 Å². The summed E-state index contributed by atoms with van der Waals surface area (Å²) in [5, 5.41) is 10.9. The molecular formula is C11H6ClN3O4S3. The van der Waals surface area contributed by atoms with Crippen LogP contribution in [0.3, 0.4) is 0 Å². The lowest BCUT2D eigenvalue weighted by Gasteiger charge is -2.00. The molecule has 0 aliphatic heterocycles. The van der Waals surface area contributed by atoms with Crippen molar-refractivity contribution in [3.8, 4) is 0 Å². The molecule has 0 unspecified atom stereocenters. The van der Waals surface area contributed by atoms with Crippen LogP contribution < -0.4 is 4.72 Å². The molecule has 22 heavy (non-hydrogen) atoms. The molecule has 0 radical (unpaired) electrons. The van der Waals surface area contributed by atoms with E-state index in [2.05, 4.69) is 9.71 Å². The number of hydrogen-bond donors (Lipinski definition) is 1. The first-order chi connectivity index (χ1) is 10.3. The Morgan fingerprint density at radius 1 is 1.23 bits per heavy atom. The van der Waals surface area contributed by atoms with Crippen molar-refractivity contribution in [2.45, 2.75) is 4.21 Å². The van der Waals surface area contributed by atoms with Gasteiger partial charge in [-0.3, -0.25) is 14.8 Å². The number of sulfonamides is 1. The van der Waals surface area contributed by atoms with Crippen LogP contribution >= 0.6 is 34.3 Å². The van der Waals surface area contributed by atoms with Crippen molar-refractivity contribution < 1.29 is 13.3 Å². The highest BCUT2D eigenvalue weighted by molar-refractivity contribution is 7.95. The van der Waals surface area contributed by atoms with Crippen molar-refractivity contribution in [1.29, 1.82) is 0 Å². The van der Waals surface area contributed by atoms with Gasteiger partial charge in [0.1, 0.15) is 4.21 Å². The molecule has 0 saturated carbocycles. The Morgan fingerprint density at radius 3 is 2.64 bits per heavy atom. The van der Waals surface area contributed by atoms with E-state index in [0.29, 0.717) is 14.6 Å². The number of aromatic nitrogens is 1. The molecule has 2 heterocycles. The number of hydrogen-bond acceptors (Lipinski definition) is 7. The highest BCUT2D eigenvalue weighted by Crippen LogP contribution is 2.32. The number of nitrogens with one attached hydrogen (secondary N) is 1. The lowest BCUT2D eigenvalue weighted by molar-refractivity contribution is -0.384. The van der Waals surface area contributed by atoms with Gasteiger partial charge in [-0.25, -0.2) is 13.4 Å². The summed E-state index contributed by atoms with van der Waals surface area (Å²) in [6.45, 7) is 0. The van der Waals surface area contributed by atoms with Crippen LogP contribution in [0.25, 0.3) is 10.2 Å². The molecule has 1 aromatic carbocycles. The van der Waals surface area contributed by atoms with Crippen LogP contribution in [0.4, 0.5) is 10.8 Å². The molecule has 0 amide bonds. The third kappa shape index (κ3) is 2.90. The maximum absolute atomic E-state index is 12.2. The van der Waals surface area contributed by atoms with Crippen molar-refractivity contribution in [2.24, 2.45) is 0 Å². The monoisotopic (exact) mass is 375 g/mol. The van der Waals surface area contributed by atoms with Crippen molar-refractivity contribution in [2.75, 3.05) is 4.72 Å². The van der Waals surface area contributed by atoms with Gasteiger partial charge in [-0.05, 0) is 18.2 Å². The Morgan fingerprint density at radius 2 is 2.00 bits per heavy atom. The van der Waals surface area contributed by atoms with Crippen LogP contribution in [-0.4, -0.2) is 18.3 Å². The minimum atomic E-state index is -3.77. The van der Waals surface area contributed by atoms with E-state index in [9.17, 15) is 18.5 Å². The average Bonchev–Trinajstić information content (AvgIpc) is 3.02. The van der Waals surface area contributed by atoms with Crippen LogP contribution in [0.1, 0.15) is 0 Å². The molecule has 0 spiro atoms. The van der Waals surface area contributed by atoms with Gasteiger partial charge in [0, 0.05) is 12.1 Å². The fraction of sp³-hybridized carbons (Fsp3) is 0. The SMILES string of the molecule is O=[N+]([O-])c1ccc2nc(NS(=O)(=O)c3ccc(Cl)s3)sc2c1. The predicted molar refractivity (Wildman–Crippen MR) is 86.4 cm³/mol. The number of nitro groups is 1. The first-order valence-electron chi connectivity index (χ1n) is 5.68. The molecule has 0 saturated heterocycles. The molecule has 3 rings (SSSR count). The molecule has 0 aliphatic carbocycles. The summed E-state index contributed by atoms with van der Waals surface area (Å²) < 4.78 is 27.6. The van der Waals surface area contributed by atoms with Crippen LogP contribution in [0.15, 0.2) is 34.5 Å². The summed E-state index contributed by atoms with van der Waals surface area (Å²) in [5.74, 6) is 0. The molecule has 7 nitrogen and oxygen atoms in total. The number of nitro benzene ring substituents is 1. The Labute approximate surface area is 137 Å². The van der Waals surface area contributed by atoms with Crippen molar-refractivity contribution >= 4 is 65.3 Å². The Balaban J connectivity index is 1.95. The molecule has 0 fully saturated rings. The van der Waals surface area contributed by atoms with Crippen molar-refractivity contribution in [3.63, 3.8) is 0 Å². The van der Waals surface area contributed by atoms with Crippen LogP contribution in [0, 0.1) is 10.1 Å². The van der Waals surface area contributed by atoms with Crippen LogP contribution in [0.5, 0.6) is 0 Å². The Hall–Kier alpha value is -1.75. The van der Waals surface area contributed by atoms with Gasteiger partial charge >= 0.3 is 0 Å². The molecule has 3 aromatic rings. The van der Waals surface area contributed by atoms with Gasteiger partial charge in [0.2, 0.25) is 0 Å². The number of nitrogens with zero attached hydrogens (tertiary/aromatic N) is 2. The topological polar surface area (TPSA) is 102 Å². The predicted octanol–water partition coefficient (Wildman–Crippen LogP) is 3.72. The summed E-state index contributed by atoms with van der Waals surface area (Å²) >= 11 is 7.68. The molecular weight excluding hydrogens is 370 g/mol. The molecule has 0 atom stereocenters. The summed E-state index contributed by atoms with van der Waals surface area (Å²) in [4.78, 5) is 14.3. The van der Waals surface area contributed by atoms with Crippen molar-refractivity contribution in [3.05, 3.63) is 44.8 Å². The third-order valence-corrected chi connectivity index (χ3v) is 6.74. The smallest absolute Gasteiger partial charge is 0.258 e. The zero-order chi connectivity index (χ0) is 15.9.